The molecule has 10 heteroatoms. The minimum absolute atomic E-state index is 0.376. The number of unbranched alkanes of at least 4 members (excludes halogenated alkanes) is 12. The summed E-state index contributed by atoms with van der Waals surface area (Å²) in [6.07, 6.45) is 12.5. The summed E-state index contributed by atoms with van der Waals surface area (Å²) in [6.45, 7) is 2.83. The molecule has 0 amide bonds. The molecule has 0 radical (unpaired) electrons. The smallest absolute Gasteiger partial charge is 0.337 e. The van der Waals surface area contributed by atoms with Crippen molar-refractivity contribution in [2.75, 3.05) is 26.4 Å². The van der Waals surface area contributed by atoms with Crippen molar-refractivity contribution in [3.63, 3.8) is 0 Å². The molecule has 0 aliphatic heterocycles. The number of carbonyl (C=O) groups is 1. The fourth-order valence-corrected chi connectivity index (χ4v) is 4.13. The number of hydrogen-bond donors (Lipinski definition) is 8. The lowest BCUT2D eigenvalue weighted by molar-refractivity contribution is -0.157. The largest absolute Gasteiger partial charge is 0.463 e. The van der Waals surface area contributed by atoms with E-state index in [-0.39, 0.29) is 0 Å². The Morgan fingerprint density at radius 1 is 0.564 bits per heavy atom. The van der Waals surface area contributed by atoms with Gasteiger partial charge in [-0.05, 0) is 18.8 Å². The normalized spacial score (nSPS) is 15.9. The molecule has 0 aromatic carbocycles. The average Bonchev–Trinajstić information content (AvgIpc) is 2.96. The van der Waals surface area contributed by atoms with Gasteiger partial charge in [-0.1, -0.05) is 104 Å². The molecule has 0 aliphatic carbocycles. The maximum Gasteiger partial charge on any atom is 0.337 e. The van der Waals surface area contributed by atoms with E-state index in [9.17, 15) is 9.90 Å². The molecule has 0 saturated heterocycles. The molecule has 2 unspecified atom stereocenters. The Hall–Kier alpha value is -0.850. The van der Waals surface area contributed by atoms with Gasteiger partial charge in [-0.25, -0.2) is 4.79 Å². The lowest BCUT2D eigenvalue weighted by Gasteiger charge is -2.24. The number of carbonyl (C=O) groups excluding carboxylic acids is 1. The van der Waals surface area contributed by atoms with Crippen molar-refractivity contribution in [2.45, 2.75) is 147 Å². The van der Waals surface area contributed by atoms with Crippen LogP contribution < -0.4 is 0 Å². The van der Waals surface area contributed by atoms with Crippen molar-refractivity contribution in [2.24, 2.45) is 5.92 Å². The average molecular weight is 569 g/mol. The number of esters is 1. The third-order valence-electron chi connectivity index (χ3n) is 6.85. The predicted molar refractivity (Wildman–Crippen MR) is 151 cm³/mol. The highest BCUT2D eigenvalue weighted by Gasteiger charge is 2.29. The minimum Gasteiger partial charge on any atom is -0.463 e. The van der Waals surface area contributed by atoms with Crippen molar-refractivity contribution in [1.82, 2.24) is 0 Å². The van der Waals surface area contributed by atoms with Crippen LogP contribution in [0, 0.1) is 5.92 Å². The predicted octanol–water partition coefficient (Wildman–Crippen LogP) is 2.19. The first-order chi connectivity index (χ1) is 18.7. The fourth-order valence-electron chi connectivity index (χ4n) is 4.13. The first-order valence-corrected chi connectivity index (χ1v) is 15.1. The van der Waals surface area contributed by atoms with E-state index >= 15 is 0 Å². The van der Waals surface area contributed by atoms with Crippen LogP contribution in [0.2, 0.25) is 0 Å². The molecule has 8 N–H and O–H groups in total. The van der Waals surface area contributed by atoms with Crippen molar-refractivity contribution in [1.29, 1.82) is 0 Å². The molecule has 0 bridgehead atoms. The summed E-state index contributed by atoms with van der Waals surface area (Å²) in [4.78, 5) is 11.6. The fraction of sp³-hybridized carbons (Fsp3) is 0.966. The van der Waals surface area contributed by atoms with Crippen LogP contribution >= 0.6 is 0 Å². The van der Waals surface area contributed by atoms with Gasteiger partial charge < -0.3 is 45.6 Å². The van der Waals surface area contributed by atoms with Gasteiger partial charge in [-0.2, -0.15) is 0 Å². The highest BCUT2D eigenvalue weighted by atomic mass is 16.5. The lowest BCUT2D eigenvalue weighted by atomic mass is 9.94. The molecule has 39 heavy (non-hydrogen) atoms. The highest BCUT2D eigenvalue weighted by Crippen LogP contribution is 2.20. The number of aliphatic hydroxyl groups is 8. The summed E-state index contributed by atoms with van der Waals surface area (Å²) >= 11 is 0. The maximum absolute atomic E-state index is 11.6. The molecule has 0 saturated carbocycles. The Morgan fingerprint density at radius 3 is 1.26 bits per heavy atom. The van der Waals surface area contributed by atoms with Gasteiger partial charge in [0.15, 0.2) is 6.10 Å². The first kappa shape index (κ1) is 40.3. The minimum atomic E-state index is -1.67. The van der Waals surface area contributed by atoms with Crippen LogP contribution in [0.3, 0.4) is 0 Å². The Kier molecular flexibility index (Phi) is 29.6. The third-order valence-corrected chi connectivity index (χ3v) is 6.85. The zero-order chi connectivity index (χ0) is 29.9. The molecule has 0 aromatic heterocycles. The monoisotopic (exact) mass is 568 g/mol. The molecular weight excluding hydrogens is 508 g/mol. The molecule has 0 rings (SSSR count). The third kappa shape index (κ3) is 23.5. The Balaban J connectivity index is 0. The van der Waals surface area contributed by atoms with Gasteiger partial charge in [0.05, 0.1) is 26.4 Å². The second-order valence-corrected chi connectivity index (χ2v) is 10.5. The first-order valence-electron chi connectivity index (χ1n) is 15.1. The number of hydrogen-bond acceptors (Lipinski definition) is 10. The van der Waals surface area contributed by atoms with E-state index in [0.29, 0.717) is 12.5 Å². The number of aliphatic hydroxyl groups excluding tert-OH is 8. The van der Waals surface area contributed by atoms with Crippen LogP contribution in [-0.4, -0.2) is 104 Å². The van der Waals surface area contributed by atoms with Gasteiger partial charge in [0.25, 0.3) is 0 Å². The molecule has 6 atom stereocenters. The van der Waals surface area contributed by atoms with E-state index in [2.05, 4.69) is 13.8 Å². The topological polar surface area (TPSA) is 188 Å². The molecule has 0 spiro atoms. The van der Waals surface area contributed by atoms with E-state index in [1.165, 1.54) is 89.9 Å². The van der Waals surface area contributed by atoms with Crippen molar-refractivity contribution < 1.29 is 50.4 Å². The van der Waals surface area contributed by atoms with E-state index in [1.807, 2.05) is 0 Å². The van der Waals surface area contributed by atoms with Gasteiger partial charge in [0, 0.05) is 0 Å². The Labute approximate surface area is 236 Å². The molecule has 10 nitrogen and oxygen atoms in total. The molecule has 0 aromatic rings. The van der Waals surface area contributed by atoms with Gasteiger partial charge in [-0.3, -0.25) is 0 Å². The van der Waals surface area contributed by atoms with Gasteiger partial charge in [0.2, 0.25) is 0 Å². The summed E-state index contributed by atoms with van der Waals surface area (Å²) in [5.41, 5.74) is 0. The lowest BCUT2D eigenvalue weighted by Crippen LogP contribution is -2.46. The van der Waals surface area contributed by atoms with Gasteiger partial charge in [0.1, 0.15) is 24.4 Å². The van der Waals surface area contributed by atoms with Crippen LogP contribution in [0.1, 0.15) is 117 Å². The van der Waals surface area contributed by atoms with Crippen LogP contribution in [0.4, 0.5) is 0 Å². The van der Waals surface area contributed by atoms with Crippen LogP contribution in [0.5, 0.6) is 0 Å². The molecule has 0 fully saturated rings. The van der Waals surface area contributed by atoms with Gasteiger partial charge in [-0.15, -0.1) is 0 Å². The quantitative estimate of drug-likeness (QED) is 0.0599. The zero-order valence-corrected chi connectivity index (χ0v) is 24.5. The summed E-state index contributed by atoms with van der Waals surface area (Å²) in [5, 5.41) is 70.4. The summed E-state index contributed by atoms with van der Waals surface area (Å²) in [6, 6.07) is 0. The van der Waals surface area contributed by atoms with Gasteiger partial charge >= 0.3 is 5.97 Å². The van der Waals surface area contributed by atoms with E-state index in [4.69, 9.17) is 40.5 Å². The SMILES string of the molecule is CCCCCCCCCCC(CCCCCCCC)COC(=O)C(O)CO.OC[C@@H](O)[C@@H](O)[C@H](O)[C@H](O)CO. The molecular formula is C29H60O10. The van der Waals surface area contributed by atoms with E-state index in [1.54, 1.807) is 0 Å². The molecule has 236 valence electrons. The highest BCUT2D eigenvalue weighted by molar-refractivity contribution is 5.74. The van der Waals surface area contributed by atoms with Crippen LogP contribution in [0.25, 0.3) is 0 Å². The van der Waals surface area contributed by atoms with Crippen molar-refractivity contribution in [3.8, 4) is 0 Å². The summed E-state index contributed by atoms with van der Waals surface area (Å²) in [7, 11) is 0. The van der Waals surface area contributed by atoms with Crippen LogP contribution in [0.15, 0.2) is 0 Å². The van der Waals surface area contributed by atoms with E-state index < -0.39 is 56.3 Å². The number of rotatable bonds is 25. The Bertz CT molecular complexity index is 508. The Morgan fingerprint density at radius 2 is 0.923 bits per heavy atom. The number of ether oxygens (including phenoxy) is 1. The second kappa shape index (κ2) is 28.7. The summed E-state index contributed by atoms with van der Waals surface area (Å²) < 4.78 is 5.23. The van der Waals surface area contributed by atoms with Crippen molar-refractivity contribution in [3.05, 3.63) is 0 Å². The molecule has 0 heterocycles. The summed E-state index contributed by atoms with van der Waals surface area (Å²) in [5.74, 6) is -0.313. The maximum atomic E-state index is 11.6. The van der Waals surface area contributed by atoms with Crippen LogP contribution in [-0.2, 0) is 9.53 Å². The molecule has 0 aliphatic rings. The van der Waals surface area contributed by atoms with E-state index in [0.717, 1.165) is 12.8 Å². The standard InChI is InChI=1S/C23H46O4.C6H14O6/c1-3-5-7-9-11-12-14-16-18-21(17-15-13-10-8-6-4-2)20-27-23(26)22(25)19-24;7-1-3(9)5(11)6(12)4(10)2-8/h21-22,24-25H,3-20H2,1-2H3;3-12H,1-2H2/t;3-,4-,5-,6-/m.1/s1. The second-order valence-electron chi connectivity index (χ2n) is 10.5. The van der Waals surface area contributed by atoms with Crippen molar-refractivity contribution >= 4 is 5.97 Å². The zero-order valence-electron chi connectivity index (χ0n) is 24.5.